The summed E-state index contributed by atoms with van der Waals surface area (Å²) in [5.74, 6) is -1.95. The van der Waals surface area contributed by atoms with E-state index in [4.69, 9.17) is 5.26 Å². The summed E-state index contributed by atoms with van der Waals surface area (Å²) in [6, 6.07) is 8.90. The third-order valence-corrected chi connectivity index (χ3v) is 2.66. The zero-order chi connectivity index (χ0) is 13.6. The Hall–Kier alpha value is -1.54. The first-order valence-corrected chi connectivity index (χ1v) is 5.72. The zero-order valence-corrected chi connectivity index (χ0v) is 10.1. The van der Waals surface area contributed by atoms with Crippen molar-refractivity contribution in [1.82, 2.24) is 5.32 Å². The van der Waals surface area contributed by atoms with Crippen LogP contribution in [0.2, 0.25) is 0 Å². The standard InChI is InChI=1S/C13H15F3N2/c1-2-10-3-5-11(6-4-10)8-18-9-12(7-17)13(14,15)16/h3-6,12,18H,2,8-9H2,1H3. The van der Waals surface area contributed by atoms with Gasteiger partial charge in [-0.05, 0) is 17.5 Å². The van der Waals surface area contributed by atoms with E-state index in [9.17, 15) is 13.2 Å². The van der Waals surface area contributed by atoms with E-state index in [0.717, 1.165) is 12.0 Å². The molecule has 1 N–H and O–H groups in total. The number of hydrogen-bond acceptors (Lipinski definition) is 2. The molecule has 18 heavy (non-hydrogen) atoms. The van der Waals surface area contributed by atoms with E-state index in [-0.39, 0.29) is 6.54 Å². The summed E-state index contributed by atoms with van der Waals surface area (Å²) in [7, 11) is 0. The van der Waals surface area contributed by atoms with Gasteiger partial charge in [0.2, 0.25) is 0 Å². The Morgan fingerprint density at radius 2 is 1.78 bits per heavy atom. The van der Waals surface area contributed by atoms with Gasteiger partial charge in [0, 0.05) is 13.1 Å². The van der Waals surface area contributed by atoms with Crippen molar-refractivity contribution >= 4 is 0 Å². The molecule has 0 radical (unpaired) electrons. The summed E-state index contributed by atoms with van der Waals surface area (Å²) in [5.41, 5.74) is 2.09. The van der Waals surface area contributed by atoms with Gasteiger partial charge >= 0.3 is 6.18 Å². The normalized spacial score (nSPS) is 13.1. The zero-order valence-electron chi connectivity index (χ0n) is 10.1. The average Bonchev–Trinajstić information content (AvgIpc) is 2.34. The molecule has 0 amide bonds. The second-order valence-electron chi connectivity index (χ2n) is 4.02. The van der Waals surface area contributed by atoms with Gasteiger partial charge in [-0.2, -0.15) is 18.4 Å². The molecule has 0 aromatic heterocycles. The molecule has 1 atom stereocenters. The van der Waals surface area contributed by atoms with Crippen LogP contribution >= 0.6 is 0 Å². The van der Waals surface area contributed by atoms with Crippen molar-refractivity contribution in [1.29, 1.82) is 5.26 Å². The van der Waals surface area contributed by atoms with Gasteiger partial charge < -0.3 is 5.32 Å². The lowest BCUT2D eigenvalue weighted by Gasteiger charge is -2.13. The molecule has 0 fully saturated rings. The minimum Gasteiger partial charge on any atom is -0.311 e. The first-order valence-electron chi connectivity index (χ1n) is 5.72. The number of aryl methyl sites for hydroxylation is 1. The second-order valence-corrected chi connectivity index (χ2v) is 4.02. The number of nitriles is 1. The maximum atomic E-state index is 12.3. The lowest BCUT2D eigenvalue weighted by molar-refractivity contribution is -0.157. The number of nitrogens with one attached hydrogen (secondary N) is 1. The van der Waals surface area contributed by atoms with Gasteiger partial charge in [0.25, 0.3) is 0 Å². The third-order valence-electron chi connectivity index (χ3n) is 2.66. The predicted molar refractivity (Wildman–Crippen MR) is 62.7 cm³/mol. The van der Waals surface area contributed by atoms with E-state index in [1.807, 2.05) is 31.2 Å². The Balaban J connectivity index is 2.44. The third kappa shape index (κ3) is 4.38. The van der Waals surface area contributed by atoms with Crippen molar-refractivity contribution in [3.8, 4) is 6.07 Å². The predicted octanol–water partition coefficient (Wildman–Crippen LogP) is 3.04. The van der Waals surface area contributed by atoms with E-state index >= 15 is 0 Å². The van der Waals surface area contributed by atoms with Gasteiger partial charge in [-0.3, -0.25) is 0 Å². The molecular formula is C13H15F3N2. The molecule has 5 heteroatoms. The van der Waals surface area contributed by atoms with Crippen LogP contribution in [-0.4, -0.2) is 12.7 Å². The molecule has 0 saturated heterocycles. The summed E-state index contributed by atoms with van der Waals surface area (Å²) >= 11 is 0. The first-order chi connectivity index (χ1) is 8.47. The molecule has 98 valence electrons. The van der Waals surface area contributed by atoms with Gasteiger partial charge in [-0.25, -0.2) is 0 Å². The van der Waals surface area contributed by atoms with E-state index in [0.29, 0.717) is 6.54 Å². The number of hydrogen-bond donors (Lipinski definition) is 1. The number of alkyl halides is 3. The van der Waals surface area contributed by atoms with Gasteiger partial charge in [-0.1, -0.05) is 31.2 Å². The quantitative estimate of drug-likeness (QED) is 0.879. The molecule has 0 aliphatic rings. The van der Waals surface area contributed by atoms with Crippen LogP contribution in [0.4, 0.5) is 13.2 Å². The monoisotopic (exact) mass is 256 g/mol. The fourth-order valence-corrected chi connectivity index (χ4v) is 1.49. The van der Waals surface area contributed by atoms with Crippen molar-refractivity contribution in [3.63, 3.8) is 0 Å². The molecule has 1 aromatic rings. The van der Waals surface area contributed by atoms with Gasteiger partial charge in [0.1, 0.15) is 0 Å². The molecule has 1 unspecified atom stereocenters. The molecule has 2 nitrogen and oxygen atoms in total. The Morgan fingerprint density at radius 1 is 1.22 bits per heavy atom. The lowest BCUT2D eigenvalue weighted by atomic mass is 10.1. The van der Waals surface area contributed by atoms with Crippen molar-refractivity contribution in [2.24, 2.45) is 5.92 Å². The molecule has 0 heterocycles. The Labute approximate surface area is 104 Å². The summed E-state index contributed by atoms with van der Waals surface area (Å²) in [6.45, 7) is 1.99. The maximum absolute atomic E-state index is 12.3. The van der Waals surface area contributed by atoms with Crippen LogP contribution < -0.4 is 5.32 Å². The first kappa shape index (κ1) is 14.5. The van der Waals surface area contributed by atoms with Gasteiger partial charge in [-0.15, -0.1) is 0 Å². The fourth-order valence-electron chi connectivity index (χ4n) is 1.49. The smallest absolute Gasteiger partial charge is 0.311 e. The fraction of sp³-hybridized carbons (Fsp3) is 0.462. The highest BCUT2D eigenvalue weighted by Crippen LogP contribution is 2.24. The van der Waals surface area contributed by atoms with Crippen LogP contribution in [-0.2, 0) is 13.0 Å². The molecule has 1 rings (SSSR count). The maximum Gasteiger partial charge on any atom is 0.405 e. The van der Waals surface area contributed by atoms with Crippen molar-refractivity contribution < 1.29 is 13.2 Å². The highest BCUT2D eigenvalue weighted by atomic mass is 19.4. The summed E-state index contributed by atoms with van der Waals surface area (Å²) in [4.78, 5) is 0. The number of benzene rings is 1. The van der Waals surface area contributed by atoms with E-state index in [1.54, 1.807) is 0 Å². The highest BCUT2D eigenvalue weighted by Gasteiger charge is 2.39. The molecule has 0 aliphatic heterocycles. The minimum absolute atomic E-state index is 0.332. The second kappa shape index (κ2) is 6.41. The van der Waals surface area contributed by atoms with Gasteiger partial charge in [0.05, 0.1) is 6.07 Å². The van der Waals surface area contributed by atoms with Crippen LogP contribution in [0.25, 0.3) is 0 Å². The average molecular weight is 256 g/mol. The van der Waals surface area contributed by atoms with Crippen LogP contribution in [0.5, 0.6) is 0 Å². The Kier molecular flexibility index (Phi) is 5.17. The summed E-state index contributed by atoms with van der Waals surface area (Å²) in [5, 5.41) is 11.1. The molecule has 0 spiro atoms. The van der Waals surface area contributed by atoms with Crippen LogP contribution in [0, 0.1) is 17.2 Å². The van der Waals surface area contributed by atoms with E-state index < -0.39 is 12.1 Å². The van der Waals surface area contributed by atoms with Gasteiger partial charge in [0.15, 0.2) is 5.92 Å². The summed E-state index contributed by atoms with van der Waals surface area (Å²) < 4.78 is 36.8. The number of halogens is 3. The van der Waals surface area contributed by atoms with E-state index in [1.165, 1.54) is 11.6 Å². The van der Waals surface area contributed by atoms with Crippen LogP contribution in [0.15, 0.2) is 24.3 Å². The largest absolute Gasteiger partial charge is 0.405 e. The number of nitrogens with zero attached hydrogens (tertiary/aromatic N) is 1. The number of rotatable bonds is 5. The van der Waals surface area contributed by atoms with Crippen molar-refractivity contribution in [2.45, 2.75) is 26.1 Å². The van der Waals surface area contributed by atoms with Crippen LogP contribution in [0.3, 0.4) is 0 Å². The topological polar surface area (TPSA) is 35.8 Å². The Morgan fingerprint density at radius 3 is 2.22 bits per heavy atom. The molecule has 0 saturated carbocycles. The van der Waals surface area contributed by atoms with Crippen molar-refractivity contribution in [3.05, 3.63) is 35.4 Å². The van der Waals surface area contributed by atoms with Crippen LogP contribution in [0.1, 0.15) is 18.1 Å². The minimum atomic E-state index is -4.46. The lowest BCUT2D eigenvalue weighted by Crippen LogP contribution is -2.32. The SMILES string of the molecule is CCc1ccc(CNCC(C#N)C(F)(F)F)cc1. The summed E-state index contributed by atoms with van der Waals surface area (Å²) in [6.07, 6.45) is -3.54. The molecule has 1 aromatic carbocycles. The molecule has 0 aliphatic carbocycles. The highest BCUT2D eigenvalue weighted by molar-refractivity contribution is 5.22. The molecular weight excluding hydrogens is 241 g/mol. The van der Waals surface area contributed by atoms with Crippen molar-refractivity contribution in [2.75, 3.05) is 6.54 Å². The molecule has 0 bridgehead atoms. The Bertz CT molecular complexity index is 404. The van der Waals surface area contributed by atoms with E-state index in [2.05, 4.69) is 5.32 Å².